The molecule has 0 fully saturated rings. The third-order valence-electron chi connectivity index (χ3n) is 3.46. The van der Waals surface area contributed by atoms with Gasteiger partial charge in [-0.15, -0.1) is 0 Å². The van der Waals surface area contributed by atoms with E-state index in [1.165, 1.54) is 6.07 Å². The first-order valence-corrected chi connectivity index (χ1v) is 7.46. The highest BCUT2D eigenvalue weighted by Crippen LogP contribution is 2.31. The molecule has 0 spiro atoms. The van der Waals surface area contributed by atoms with Crippen LogP contribution in [0.3, 0.4) is 0 Å². The minimum Gasteiger partial charge on any atom is -0.398 e. The highest BCUT2D eigenvalue weighted by molar-refractivity contribution is 6.37. The lowest BCUT2D eigenvalue weighted by Gasteiger charge is -2.11. The molecule has 2 rings (SSSR count). The summed E-state index contributed by atoms with van der Waals surface area (Å²) in [5, 5.41) is 9.18. The molecule has 2 N–H and O–H groups in total. The first kappa shape index (κ1) is 19.3. The number of nitrogens with zero attached hydrogens (tertiary/aromatic N) is 3. The quantitative estimate of drug-likeness (QED) is 0.354. The molecule has 0 saturated heterocycles. The Hall–Kier alpha value is -3.05. The number of rotatable bonds is 6. The molecule has 0 aliphatic rings. The number of Topliss-reactive ketones (excluding diaryl/α,β-unsaturated/α-hetero) is 1. The number of imidazole rings is 1. The summed E-state index contributed by atoms with van der Waals surface area (Å²) in [7, 11) is 0. The summed E-state index contributed by atoms with van der Waals surface area (Å²) in [6, 6.07) is 3.04. The zero-order chi connectivity index (χ0) is 19.6. The SMILES string of the molecule is C=C(F)/C=C(\C(=C)Cl)C(=O)c1c(N)cc2c(ncn2CC(F)F)c1C#N. The van der Waals surface area contributed by atoms with Crippen molar-refractivity contribution in [2.45, 2.75) is 13.0 Å². The summed E-state index contributed by atoms with van der Waals surface area (Å²) in [6.45, 7) is 5.75. The van der Waals surface area contributed by atoms with Gasteiger partial charge in [-0.05, 0) is 12.1 Å². The summed E-state index contributed by atoms with van der Waals surface area (Å²) in [5.74, 6) is -1.81. The van der Waals surface area contributed by atoms with E-state index in [-0.39, 0.29) is 38.5 Å². The van der Waals surface area contributed by atoms with Crippen LogP contribution in [0.1, 0.15) is 15.9 Å². The molecule has 0 radical (unpaired) electrons. The van der Waals surface area contributed by atoms with E-state index in [2.05, 4.69) is 18.1 Å². The van der Waals surface area contributed by atoms with Crippen molar-refractivity contribution in [1.82, 2.24) is 9.55 Å². The number of fused-ring (bicyclic) bond motifs is 1. The Kier molecular flexibility index (Phi) is 5.53. The van der Waals surface area contributed by atoms with Crippen molar-refractivity contribution in [3.8, 4) is 6.07 Å². The fourth-order valence-electron chi connectivity index (χ4n) is 2.42. The van der Waals surface area contributed by atoms with E-state index in [1.54, 1.807) is 6.07 Å². The number of hydrogen-bond acceptors (Lipinski definition) is 4. The van der Waals surface area contributed by atoms with Gasteiger partial charge in [-0.1, -0.05) is 24.8 Å². The monoisotopic (exact) mass is 380 g/mol. The zero-order valence-corrected chi connectivity index (χ0v) is 14.0. The van der Waals surface area contributed by atoms with E-state index in [9.17, 15) is 23.2 Å². The Morgan fingerprint density at radius 2 is 2.15 bits per heavy atom. The Bertz CT molecular complexity index is 1000. The van der Waals surface area contributed by atoms with Crippen LogP contribution in [0.2, 0.25) is 0 Å². The molecule has 0 amide bonds. The number of ketones is 1. The average molecular weight is 381 g/mol. The van der Waals surface area contributed by atoms with E-state index in [0.717, 1.165) is 17.0 Å². The molecule has 0 unspecified atom stereocenters. The lowest BCUT2D eigenvalue weighted by Crippen LogP contribution is -2.11. The number of anilines is 1. The van der Waals surface area contributed by atoms with Crippen molar-refractivity contribution >= 4 is 34.1 Å². The number of carbonyl (C=O) groups is 1. The molecule has 0 saturated carbocycles. The molecule has 1 aromatic carbocycles. The molecule has 0 aliphatic carbocycles. The largest absolute Gasteiger partial charge is 0.398 e. The molecule has 0 atom stereocenters. The van der Waals surface area contributed by atoms with Gasteiger partial charge in [0.25, 0.3) is 6.43 Å². The highest BCUT2D eigenvalue weighted by Gasteiger charge is 2.25. The number of carbonyl (C=O) groups excluding carboxylic acids is 1. The van der Waals surface area contributed by atoms with Gasteiger partial charge in [0.15, 0.2) is 5.78 Å². The van der Waals surface area contributed by atoms with Gasteiger partial charge in [0.2, 0.25) is 0 Å². The fourth-order valence-corrected chi connectivity index (χ4v) is 2.56. The van der Waals surface area contributed by atoms with Gasteiger partial charge in [-0.25, -0.2) is 18.2 Å². The molecular weight excluding hydrogens is 369 g/mol. The number of nitrogen functional groups attached to an aromatic ring is 1. The molecule has 1 aromatic heterocycles. The molecule has 5 nitrogen and oxygen atoms in total. The van der Waals surface area contributed by atoms with E-state index >= 15 is 0 Å². The van der Waals surface area contributed by atoms with Crippen molar-refractivity contribution in [2.24, 2.45) is 0 Å². The van der Waals surface area contributed by atoms with E-state index in [4.69, 9.17) is 17.3 Å². The van der Waals surface area contributed by atoms with Crippen molar-refractivity contribution in [2.75, 3.05) is 5.73 Å². The van der Waals surface area contributed by atoms with Gasteiger partial charge in [-0.2, -0.15) is 5.26 Å². The molecular formula is C17H12ClF3N4O. The smallest absolute Gasteiger partial charge is 0.256 e. The van der Waals surface area contributed by atoms with Gasteiger partial charge in [0, 0.05) is 16.3 Å². The van der Waals surface area contributed by atoms with Gasteiger partial charge in [0.1, 0.15) is 17.4 Å². The number of aromatic nitrogens is 2. The number of nitrogens with two attached hydrogens (primary N) is 1. The summed E-state index contributed by atoms with van der Waals surface area (Å²) < 4.78 is 39.6. The minimum absolute atomic E-state index is 0.0179. The van der Waals surface area contributed by atoms with Crippen LogP contribution in [0.15, 0.2) is 48.1 Å². The van der Waals surface area contributed by atoms with Crippen molar-refractivity contribution in [3.63, 3.8) is 0 Å². The standard InChI is InChI=1S/C17H12ClF3N4O/c1-8(19)3-10(9(2)18)17(26)15-11(5-22)16-13(4-12(15)23)25(7-24-16)6-14(20)21/h3-4,7,14H,1-2,6,23H2/b10-3+. The second-order valence-corrected chi connectivity index (χ2v) is 5.68. The van der Waals surface area contributed by atoms with Gasteiger partial charge >= 0.3 is 0 Å². The first-order valence-electron chi connectivity index (χ1n) is 7.08. The molecule has 0 aliphatic heterocycles. The normalized spacial score (nSPS) is 11.6. The lowest BCUT2D eigenvalue weighted by molar-refractivity contribution is 0.103. The predicted molar refractivity (Wildman–Crippen MR) is 92.5 cm³/mol. The summed E-state index contributed by atoms with van der Waals surface area (Å²) >= 11 is 5.74. The maximum Gasteiger partial charge on any atom is 0.256 e. The van der Waals surface area contributed by atoms with Gasteiger partial charge < -0.3 is 10.3 Å². The van der Waals surface area contributed by atoms with Crippen molar-refractivity contribution in [3.05, 3.63) is 59.2 Å². The second-order valence-electron chi connectivity index (χ2n) is 5.22. The first-order chi connectivity index (χ1) is 12.2. The number of alkyl halides is 2. The summed E-state index contributed by atoms with van der Waals surface area (Å²) in [5.41, 5.74) is 5.06. The predicted octanol–water partition coefficient (Wildman–Crippen LogP) is 4.10. The van der Waals surface area contributed by atoms with Gasteiger partial charge in [0.05, 0.1) is 29.5 Å². The molecule has 1 heterocycles. The lowest BCUT2D eigenvalue weighted by atomic mass is 9.95. The maximum absolute atomic E-state index is 13.1. The Balaban J connectivity index is 2.74. The van der Waals surface area contributed by atoms with E-state index in [1.807, 2.05) is 0 Å². The third-order valence-corrected chi connectivity index (χ3v) is 3.66. The van der Waals surface area contributed by atoms with Crippen LogP contribution in [0, 0.1) is 11.3 Å². The molecule has 9 heteroatoms. The summed E-state index contributed by atoms with van der Waals surface area (Å²) in [4.78, 5) is 16.7. The van der Waals surface area contributed by atoms with Crippen LogP contribution in [0.5, 0.6) is 0 Å². The molecule has 134 valence electrons. The van der Waals surface area contributed by atoms with Crippen molar-refractivity contribution in [1.29, 1.82) is 5.26 Å². The van der Waals surface area contributed by atoms with Crippen LogP contribution >= 0.6 is 11.6 Å². The van der Waals surface area contributed by atoms with Gasteiger partial charge in [-0.3, -0.25) is 4.79 Å². The van der Waals surface area contributed by atoms with Crippen LogP contribution in [-0.4, -0.2) is 21.8 Å². The average Bonchev–Trinajstić information content (AvgIpc) is 2.92. The Morgan fingerprint density at radius 1 is 1.50 bits per heavy atom. The van der Waals surface area contributed by atoms with Crippen LogP contribution in [-0.2, 0) is 6.54 Å². The number of allylic oxidation sites excluding steroid dienone is 4. The van der Waals surface area contributed by atoms with Crippen molar-refractivity contribution < 1.29 is 18.0 Å². The van der Waals surface area contributed by atoms with Crippen LogP contribution < -0.4 is 5.73 Å². The zero-order valence-electron chi connectivity index (χ0n) is 13.3. The minimum atomic E-state index is -2.65. The van der Waals surface area contributed by atoms with E-state index in [0.29, 0.717) is 0 Å². The topological polar surface area (TPSA) is 84.7 Å². The second kappa shape index (κ2) is 7.45. The highest BCUT2D eigenvalue weighted by atomic mass is 35.5. The number of hydrogen-bond donors (Lipinski definition) is 1. The van der Waals surface area contributed by atoms with Crippen LogP contribution in [0.25, 0.3) is 11.0 Å². The summed E-state index contributed by atoms with van der Waals surface area (Å²) in [6.07, 6.45) is -0.769. The Labute approximate surface area is 151 Å². The number of benzene rings is 1. The van der Waals surface area contributed by atoms with E-state index < -0.39 is 24.6 Å². The number of halogens is 4. The molecule has 2 aromatic rings. The number of nitriles is 1. The maximum atomic E-state index is 13.1. The third kappa shape index (κ3) is 3.63. The Morgan fingerprint density at radius 3 is 2.65 bits per heavy atom. The van der Waals surface area contributed by atoms with Crippen LogP contribution in [0.4, 0.5) is 18.9 Å². The molecule has 26 heavy (non-hydrogen) atoms. The molecule has 0 bridgehead atoms. The fraction of sp³-hybridized carbons (Fsp3) is 0.118.